The van der Waals surface area contributed by atoms with Crippen molar-refractivity contribution in [3.05, 3.63) is 35.9 Å². The first-order valence-corrected chi connectivity index (χ1v) is 6.19. The molecule has 18 heavy (non-hydrogen) atoms. The molecule has 0 spiro atoms. The van der Waals surface area contributed by atoms with Gasteiger partial charge in [0.1, 0.15) is 0 Å². The van der Waals surface area contributed by atoms with Gasteiger partial charge in [0, 0.05) is 5.92 Å². The van der Waals surface area contributed by atoms with Crippen molar-refractivity contribution in [3.8, 4) is 0 Å². The molecule has 4 heteroatoms. The van der Waals surface area contributed by atoms with Gasteiger partial charge in [-0.1, -0.05) is 32.0 Å². The number of esters is 1. The molecule has 1 aromatic rings. The lowest BCUT2D eigenvalue weighted by atomic mass is 10.0. The summed E-state index contributed by atoms with van der Waals surface area (Å²) in [5.74, 6) is -0.796. The molecular formula is C14H17FO3. The van der Waals surface area contributed by atoms with Gasteiger partial charge >= 0.3 is 5.97 Å². The maximum absolute atomic E-state index is 13.9. The van der Waals surface area contributed by atoms with Crippen LogP contribution in [0.2, 0.25) is 0 Å². The van der Waals surface area contributed by atoms with E-state index in [0.717, 1.165) is 0 Å². The van der Waals surface area contributed by atoms with Gasteiger partial charge in [-0.25, -0.2) is 9.18 Å². The van der Waals surface area contributed by atoms with Crippen LogP contribution in [-0.4, -0.2) is 24.5 Å². The molecule has 1 aliphatic rings. The van der Waals surface area contributed by atoms with Crippen molar-refractivity contribution in [2.24, 2.45) is 5.92 Å². The van der Waals surface area contributed by atoms with Gasteiger partial charge in [-0.2, -0.15) is 0 Å². The number of rotatable bonds is 3. The van der Waals surface area contributed by atoms with Crippen LogP contribution in [0.4, 0.5) is 4.39 Å². The van der Waals surface area contributed by atoms with E-state index < -0.39 is 18.4 Å². The van der Waals surface area contributed by atoms with Gasteiger partial charge in [-0.15, -0.1) is 0 Å². The third-order valence-electron chi connectivity index (χ3n) is 3.29. The molecule has 1 fully saturated rings. The fourth-order valence-electron chi connectivity index (χ4n) is 2.13. The summed E-state index contributed by atoms with van der Waals surface area (Å²) in [6.07, 6.45) is -1.82. The Morgan fingerprint density at radius 2 is 2.06 bits per heavy atom. The second kappa shape index (κ2) is 5.48. The minimum absolute atomic E-state index is 0.187. The van der Waals surface area contributed by atoms with Crippen LogP contribution >= 0.6 is 0 Å². The lowest BCUT2D eigenvalue weighted by molar-refractivity contribution is -0.121. The molecule has 1 unspecified atom stereocenters. The highest BCUT2D eigenvalue weighted by Gasteiger charge is 2.43. The molecule has 3 nitrogen and oxygen atoms in total. The molecule has 0 bridgehead atoms. The summed E-state index contributed by atoms with van der Waals surface area (Å²) in [6, 6.07) is 8.53. The Hall–Kier alpha value is -1.42. The number of carbonyl (C=O) groups is 1. The Kier molecular flexibility index (Phi) is 3.97. The van der Waals surface area contributed by atoms with Gasteiger partial charge in [0.05, 0.1) is 11.7 Å². The highest BCUT2D eigenvalue weighted by molar-refractivity contribution is 5.89. The second-order valence-corrected chi connectivity index (χ2v) is 4.53. The highest BCUT2D eigenvalue weighted by atomic mass is 19.1. The molecule has 98 valence electrons. The summed E-state index contributed by atoms with van der Waals surface area (Å²) < 4.78 is 24.4. The Balaban J connectivity index is 2.00. The number of alkyl halides is 1. The Morgan fingerprint density at radius 1 is 1.39 bits per heavy atom. The number of carbonyl (C=O) groups excluding carboxylic acids is 1. The zero-order valence-electron chi connectivity index (χ0n) is 10.5. The molecule has 2 rings (SSSR count). The van der Waals surface area contributed by atoms with E-state index >= 15 is 0 Å². The van der Waals surface area contributed by atoms with Crippen molar-refractivity contribution >= 4 is 5.97 Å². The van der Waals surface area contributed by atoms with Crippen LogP contribution in [0.1, 0.15) is 30.6 Å². The maximum atomic E-state index is 13.9. The van der Waals surface area contributed by atoms with Crippen molar-refractivity contribution in [3.63, 3.8) is 0 Å². The average molecular weight is 252 g/mol. The molecule has 0 saturated carbocycles. The largest absolute Gasteiger partial charge is 0.429 e. The summed E-state index contributed by atoms with van der Waals surface area (Å²) in [6.45, 7) is 3.70. The maximum Gasteiger partial charge on any atom is 0.340 e. The summed E-state index contributed by atoms with van der Waals surface area (Å²) in [5, 5.41) is 0. The third kappa shape index (κ3) is 2.53. The highest BCUT2D eigenvalue weighted by Crippen LogP contribution is 2.32. The van der Waals surface area contributed by atoms with Gasteiger partial charge in [0.2, 0.25) is 6.29 Å². The molecule has 1 aliphatic heterocycles. The minimum atomic E-state index is -1.26. The topological polar surface area (TPSA) is 35.5 Å². The van der Waals surface area contributed by atoms with E-state index in [-0.39, 0.29) is 12.0 Å². The van der Waals surface area contributed by atoms with Gasteiger partial charge in [-0.05, 0) is 18.6 Å². The number of ether oxygens (including phenoxy) is 2. The van der Waals surface area contributed by atoms with Gasteiger partial charge in [-0.3, -0.25) is 0 Å². The lowest BCUT2D eigenvalue weighted by Gasteiger charge is -2.14. The normalized spacial score (nSPS) is 31.3. The van der Waals surface area contributed by atoms with E-state index in [1.165, 1.54) is 0 Å². The van der Waals surface area contributed by atoms with Gasteiger partial charge < -0.3 is 9.47 Å². The number of halogens is 1. The first kappa shape index (κ1) is 13.0. The molecule has 4 atom stereocenters. The molecule has 1 saturated heterocycles. The van der Waals surface area contributed by atoms with Crippen molar-refractivity contribution in [1.82, 2.24) is 0 Å². The zero-order valence-corrected chi connectivity index (χ0v) is 10.5. The first-order valence-electron chi connectivity index (χ1n) is 6.19. The van der Waals surface area contributed by atoms with Crippen LogP contribution in [-0.2, 0) is 9.47 Å². The molecular weight excluding hydrogens is 235 g/mol. The average Bonchev–Trinajstić information content (AvgIpc) is 2.67. The van der Waals surface area contributed by atoms with E-state index in [1.54, 1.807) is 37.3 Å². The van der Waals surface area contributed by atoms with E-state index in [4.69, 9.17) is 9.47 Å². The minimum Gasteiger partial charge on any atom is -0.429 e. The van der Waals surface area contributed by atoms with E-state index in [1.807, 2.05) is 6.92 Å². The van der Waals surface area contributed by atoms with Crippen LogP contribution in [0.15, 0.2) is 30.3 Å². The van der Waals surface area contributed by atoms with E-state index in [9.17, 15) is 9.18 Å². The summed E-state index contributed by atoms with van der Waals surface area (Å²) >= 11 is 0. The fraction of sp³-hybridized carbons (Fsp3) is 0.500. The molecule has 0 N–H and O–H groups in total. The number of hydrogen-bond acceptors (Lipinski definition) is 3. The quantitative estimate of drug-likeness (QED) is 0.776. The van der Waals surface area contributed by atoms with Crippen molar-refractivity contribution in [1.29, 1.82) is 0 Å². The number of benzene rings is 1. The lowest BCUT2D eigenvalue weighted by Crippen LogP contribution is -2.26. The molecule has 0 amide bonds. The van der Waals surface area contributed by atoms with Gasteiger partial charge in [0.25, 0.3) is 0 Å². The molecule has 1 aromatic carbocycles. The second-order valence-electron chi connectivity index (χ2n) is 4.53. The van der Waals surface area contributed by atoms with Crippen LogP contribution in [0.3, 0.4) is 0 Å². The predicted molar refractivity (Wildman–Crippen MR) is 64.9 cm³/mol. The van der Waals surface area contributed by atoms with E-state index in [2.05, 4.69) is 0 Å². The monoisotopic (exact) mass is 252 g/mol. The van der Waals surface area contributed by atoms with Crippen molar-refractivity contribution < 1.29 is 18.7 Å². The predicted octanol–water partition coefficient (Wildman–Crippen LogP) is 2.95. The molecule has 0 radical (unpaired) electrons. The van der Waals surface area contributed by atoms with Crippen LogP contribution < -0.4 is 0 Å². The van der Waals surface area contributed by atoms with Crippen molar-refractivity contribution in [2.75, 3.05) is 0 Å². The fourth-order valence-corrected chi connectivity index (χ4v) is 2.13. The Bertz CT molecular complexity index is 407. The molecule has 0 aliphatic carbocycles. The van der Waals surface area contributed by atoms with Crippen molar-refractivity contribution in [2.45, 2.75) is 38.8 Å². The van der Waals surface area contributed by atoms with Crippen LogP contribution in [0.5, 0.6) is 0 Å². The van der Waals surface area contributed by atoms with Gasteiger partial charge in [0.15, 0.2) is 6.17 Å². The zero-order chi connectivity index (χ0) is 13.1. The van der Waals surface area contributed by atoms with E-state index in [0.29, 0.717) is 12.0 Å². The molecule has 0 aromatic heterocycles. The first-order chi connectivity index (χ1) is 8.63. The Morgan fingerprint density at radius 3 is 2.61 bits per heavy atom. The summed E-state index contributed by atoms with van der Waals surface area (Å²) in [5.41, 5.74) is 0.404. The van der Waals surface area contributed by atoms with Crippen LogP contribution in [0.25, 0.3) is 0 Å². The smallest absolute Gasteiger partial charge is 0.340 e. The number of hydrogen-bond donors (Lipinski definition) is 0. The Labute approximate surface area is 106 Å². The standard InChI is InChI=1S/C14H17FO3/c1-3-11-9(2)12(15)14(17-11)18-13(16)10-7-5-4-6-8-10/h4-9,11-12,14H,3H2,1-2H3/t9-,11+,12?,14-/m0/s1. The SMILES string of the molecule is CC[C@H]1O[C@@H](OC(=O)c2ccccc2)C(F)[C@H]1C. The van der Waals surface area contributed by atoms with Crippen LogP contribution in [0, 0.1) is 5.92 Å². The summed E-state index contributed by atoms with van der Waals surface area (Å²) in [4.78, 5) is 11.8. The molecule has 1 heterocycles. The summed E-state index contributed by atoms with van der Waals surface area (Å²) in [7, 11) is 0. The third-order valence-corrected chi connectivity index (χ3v) is 3.29.